The van der Waals surface area contributed by atoms with Crippen molar-refractivity contribution >= 4 is 41.2 Å². The zero-order chi connectivity index (χ0) is 18.5. The number of nitrogens with one attached hydrogen (secondary N) is 1. The van der Waals surface area contributed by atoms with E-state index in [1.807, 2.05) is 74.5 Å². The minimum atomic E-state index is -0.258. The highest BCUT2D eigenvalue weighted by Crippen LogP contribution is 2.28. The molecule has 0 aliphatic rings. The summed E-state index contributed by atoms with van der Waals surface area (Å²) in [7, 11) is 0. The van der Waals surface area contributed by atoms with E-state index in [9.17, 15) is 4.79 Å². The number of hydrogen-bond acceptors (Lipinski definition) is 5. The van der Waals surface area contributed by atoms with E-state index in [2.05, 4.69) is 10.4 Å². The van der Waals surface area contributed by atoms with Crippen LogP contribution in [0.3, 0.4) is 0 Å². The van der Waals surface area contributed by atoms with Crippen LogP contribution < -0.4 is 5.32 Å². The highest BCUT2D eigenvalue weighted by Gasteiger charge is 2.19. The highest BCUT2D eigenvalue weighted by molar-refractivity contribution is 8.02. The monoisotopic (exact) mass is 401 g/mol. The molecule has 0 fully saturated rings. The largest absolute Gasteiger partial charge is 0.349 e. The first-order valence-corrected chi connectivity index (χ1v) is 10.3. The molecule has 4 nitrogen and oxygen atoms in total. The van der Waals surface area contributed by atoms with Crippen LogP contribution in [0.25, 0.3) is 5.69 Å². The van der Waals surface area contributed by atoms with Crippen molar-refractivity contribution in [2.24, 2.45) is 0 Å². The first kappa shape index (κ1) is 18.8. The van der Waals surface area contributed by atoms with Crippen molar-refractivity contribution in [2.45, 2.75) is 29.5 Å². The zero-order valence-electron chi connectivity index (χ0n) is 14.5. The Balaban J connectivity index is 1.65. The van der Waals surface area contributed by atoms with Crippen LogP contribution in [0.4, 0.5) is 0 Å². The van der Waals surface area contributed by atoms with E-state index in [1.165, 1.54) is 23.1 Å². The van der Waals surface area contributed by atoms with E-state index < -0.39 is 0 Å². The summed E-state index contributed by atoms with van der Waals surface area (Å²) in [6, 6.07) is 19.7. The smallest absolute Gasteiger partial charge is 0.233 e. The molecule has 0 aliphatic carbocycles. The molecule has 0 aliphatic heterocycles. The average Bonchev–Trinajstić information content (AvgIpc) is 3.03. The third kappa shape index (κ3) is 4.60. The number of carbonyl (C=O) groups is 1. The minimum Gasteiger partial charge on any atom is -0.349 e. The van der Waals surface area contributed by atoms with Gasteiger partial charge in [0.15, 0.2) is 8.29 Å². The zero-order valence-corrected chi connectivity index (χ0v) is 16.9. The standard InChI is InChI=1S/C19H19N3OS3/c1-13(15-9-5-3-6-10-15)20-17(23)14(2)25-18-21-22(19(24)26-18)16-11-7-4-8-12-16/h3-14H,1-2H3,(H,20,23). The first-order valence-electron chi connectivity index (χ1n) is 8.22. The molecule has 134 valence electrons. The fourth-order valence-corrected chi connectivity index (χ4v) is 4.92. The number of benzene rings is 2. The lowest BCUT2D eigenvalue weighted by Crippen LogP contribution is -2.33. The summed E-state index contributed by atoms with van der Waals surface area (Å²) in [4.78, 5) is 12.5. The van der Waals surface area contributed by atoms with E-state index in [0.717, 1.165) is 15.6 Å². The Kier molecular flexibility index (Phi) is 6.24. The Morgan fingerprint density at radius 2 is 1.73 bits per heavy atom. The molecule has 0 saturated carbocycles. The van der Waals surface area contributed by atoms with Crippen molar-refractivity contribution < 1.29 is 4.79 Å². The molecule has 0 spiro atoms. The Morgan fingerprint density at radius 3 is 2.38 bits per heavy atom. The lowest BCUT2D eigenvalue weighted by Gasteiger charge is -2.17. The second kappa shape index (κ2) is 8.62. The number of para-hydroxylation sites is 1. The first-order chi connectivity index (χ1) is 12.5. The molecule has 0 saturated heterocycles. The third-order valence-corrected chi connectivity index (χ3v) is 6.25. The van der Waals surface area contributed by atoms with Crippen LogP contribution in [0, 0.1) is 3.95 Å². The molecule has 1 N–H and O–H groups in total. The van der Waals surface area contributed by atoms with Crippen molar-refractivity contribution in [3.63, 3.8) is 0 Å². The van der Waals surface area contributed by atoms with Crippen LogP contribution in [-0.2, 0) is 4.79 Å². The molecule has 1 amide bonds. The normalized spacial score (nSPS) is 13.2. The SMILES string of the molecule is CC(Sc1nn(-c2ccccc2)c(=S)s1)C(=O)NC(C)c1ccccc1. The molecule has 0 bridgehead atoms. The van der Waals surface area contributed by atoms with Crippen LogP contribution in [-0.4, -0.2) is 20.9 Å². The molecular weight excluding hydrogens is 382 g/mol. The van der Waals surface area contributed by atoms with E-state index in [0.29, 0.717) is 3.95 Å². The summed E-state index contributed by atoms with van der Waals surface area (Å²) in [5.41, 5.74) is 2.01. The van der Waals surface area contributed by atoms with Crippen LogP contribution >= 0.6 is 35.3 Å². The van der Waals surface area contributed by atoms with Gasteiger partial charge in [-0.15, -0.1) is 5.10 Å². The quantitative estimate of drug-likeness (QED) is 0.465. The van der Waals surface area contributed by atoms with E-state index >= 15 is 0 Å². The molecule has 3 rings (SSSR count). The summed E-state index contributed by atoms with van der Waals surface area (Å²) in [5.74, 6) is -0.0151. The van der Waals surface area contributed by atoms with Crippen LogP contribution in [0.1, 0.15) is 25.5 Å². The van der Waals surface area contributed by atoms with Gasteiger partial charge in [0.25, 0.3) is 0 Å². The van der Waals surface area contributed by atoms with Gasteiger partial charge in [0.05, 0.1) is 17.0 Å². The molecule has 26 heavy (non-hydrogen) atoms. The Bertz CT molecular complexity index is 922. The molecule has 3 aromatic rings. The van der Waals surface area contributed by atoms with Crippen molar-refractivity contribution in [1.82, 2.24) is 15.1 Å². The van der Waals surface area contributed by atoms with Crippen molar-refractivity contribution in [3.05, 3.63) is 70.2 Å². The lowest BCUT2D eigenvalue weighted by molar-refractivity contribution is -0.120. The maximum Gasteiger partial charge on any atom is 0.233 e. The van der Waals surface area contributed by atoms with Gasteiger partial charge in [-0.25, -0.2) is 4.68 Å². The van der Waals surface area contributed by atoms with Crippen LogP contribution in [0.2, 0.25) is 0 Å². The molecular formula is C19H19N3OS3. The lowest BCUT2D eigenvalue weighted by atomic mass is 10.1. The van der Waals surface area contributed by atoms with Crippen LogP contribution in [0.15, 0.2) is 65.0 Å². The van der Waals surface area contributed by atoms with Gasteiger partial charge in [-0.1, -0.05) is 71.6 Å². The fourth-order valence-electron chi connectivity index (χ4n) is 2.40. The molecule has 7 heteroatoms. The molecule has 1 heterocycles. The Morgan fingerprint density at radius 1 is 1.12 bits per heavy atom. The number of rotatable bonds is 6. The van der Waals surface area contributed by atoms with Crippen molar-refractivity contribution in [3.8, 4) is 5.69 Å². The predicted molar refractivity (Wildman–Crippen MR) is 111 cm³/mol. The van der Waals surface area contributed by atoms with Gasteiger partial charge in [0, 0.05) is 0 Å². The molecule has 1 aromatic heterocycles. The Hall–Kier alpha value is -1.96. The maximum absolute atomic E-state index is 12.5. The summed E-state index contributed by atoms with van der Waals surface area (Å²) < 4.78 is 3.19. The summed E-state index contributed by atoms with van der Waals surface area (Å²) in [5, 5.41) is 7.35. The average molecular weight is 402 g/mol. The van der Waals surface area contributed by atoms with Crippen molar-refractivity contribution in [2.75, 3.05) is 0 Å². The Labute approximate surface area is 166 Å². The fraction of sp³-hybridized carbons (Fsp3) is 0.211. The number of nitrogens with zero attached hydrogens (tertiary/aromatic N) is 2. The van der Waals surface area contributed by atoms with Gasteiger partial charge in [-0.05, 0) is 43.8 Å². The van der Waals surface area contributed by atoms with E-state index in [1.54, 1.807) is 4.68 Å². The minimum absolute atomic E-state index is 0.0151. The third-order valence-electron chi connectivity index (χ3n) is 3.84. The number of amides is 1. The number of hydrogen-bond donors (Lipinski definition) is 1. The second-order valence-electron chi connectivity index (χ2n) is 5.78. The summed E-state index contributed by atoms with van der Waals surface area (Å²) >= 11 is 8.26. The number of thioether (sulfide) groups is 1. The predicted octanol–water partition coefficient (Wildman–Crippen LogP) is 5.02. The van der Waals surface area contributed by atoms with Gasteiger partial charge >= 0.3 is 0 Å². The molecule has 2 aromatic carbocycles. The summed E-state index contributed by atoms with van der Waals surface area (Å²) in [6.45, 7) is 3.87. The number of carbonyl (C=O) groups excluding carboxylic acids is 1. The molecule has 0 radical (unpaired) electrons. The molecule has 2 unspecified atom stereocenters. The van der Waals surface area contributed by atoms with Gasteiger partial charge in [-0.2, -0.15) is 0 Å². The van der Waals surface area contributed by atoms with Gasteiger partial charge < -0.3 is 5.32 Å². The van der Waals surface area contributed by atoms with E-state index in [-0.39, 0.29) is 17.2 Å². The second-order valence-corrected chi connectivity index (χ2v) is 8.99. The highest BCUT2D eigenvalue weighted by atomic mass is 32.2. The molecule has 2 atom stereocenters. The van der Waals surface area contributed by atoms with Gasteiger partial charge in [0.1, 0.15) is 0 Å². The number of aromatic nitrogens is 2. The van der Waals surface area contributed by atoms with E-state index in [4.69, 9.17) is 12.2 Å². The van der Waals surface area contributed by atoms with Gasteiger partial charge in [-0.3, -0.25) is 4.79 Å². The van der Waals surface area contributed by atoms with Gasteiger partial charge in [0.2, 0.25) is 5.91 Å². The topological polar surface area (TPSA) is 46.9 Å². The maximum atomic E-state index is 12.5. The van der Waals surface area contributed by atoms with Crippen molar-refractivity contribution in [1.29, 1.82) is 0 Å². The summed E-state index contributed by atoms with van der Waals surface area (Å²) in [6.07, 6.45) is 0. The van der Waals surface area contributed by atoms with Crippen LogP contribution in [0.5, 0.6) is 0 Å².